The van der Waals surface area contributed by atoms with Crippen LogP contribution in [0.3, 0.4) is 0 Å². The second-order valence-corrected chi connectivity index (χ2v) is 12.3. The molecule has 2 aromatic heterocycles. The van der Waals surface area contributed by atoms with Gasteiger partial charge in [-0.15, -0.1) is 0 Å². The van der Waals surface area contributed by atoms with Crippen LogP contribution in [0.4, 0.5) is 0 Å². The molecule has 0 saturated heterocycles. The molecule has 7 heteroatoms. The maximum atomic E-state index is 6.51. The summed E-state index contributed by atoms with van der Waals surface area (Å²) in [4.78, 5) is 0. The monoisotopic (exact) mass is 562 g/mol. The standard InChI is InChI=1S/C30H37Cl3N2O2/c1-5-34-19(3)26(21-10-11-27-22(16-21)12-14-36-27)9-7-8-23-17-25(18-24-13-15-37-29(23)24)28(30(31,32)33)20(4)35-6-2/h10-20,26,28,34-35H,5-9H2,1-4H3. The molecule has 2 N–H and O–H groups in total. The zero-order chi connectivity index (χ0) is 26.6. The average Bonchev–Trinajstić information content (AvgIpc) is 3.50. The number of halogens is 3. The van der Waals surface area contributed by atoms with Gasteiger partial charge in [0.15, 0.2) is 3.79 Å². The summed E-state index contributed by atoms with van der Waals surface area (Å²) in [5, 5.41) is 9.25. The van der Waals surface area contributed by atoms with Crippen molar-refractivity contribution < 1.29 is 8.83 Å². The van der Waals surface area contributed by atoms with E-state index in [1.54, 1.807) is 12.5 Å². The Kier molecular flexibility index (Phi) is 9.53. The van der Waals surface area contributed by atoms with E-state index in [1.807, 2.05) is 12.1 Å². The Balaban J connectivity index is 1.59. The van der Waals surface area contributed by atoms with E-state index in [4.69, 9.17) is 43.6 Å². The van der Waals surface area contributed by atoms with Crippen LogP contribution in [-0.4, -0.2) is 29.0 Å². The summed E-state index contributed by atoms with van der Waals surface area (Å²) < 4.78 is 10.0. The predicted molar refractivity (Wildman–Crippen MR) is 157 cm³/mol. The first-order valence-corrected chi connectivity index (χ1v) is 14.4. The van der Waals surface area contributed by atoms with Gasteiger partial charge in [0, 0.05) is 28.8 Å². The minimum absolute atomic E-state index is 0.00196. The second kappa shape index (κ2) is 12.4. The van der Waals surface area contributed by atoms with Crippen LogP contribution in [-0.2, 0) is 6.42 Å². The van der Waals surface area contributed by atoms with E-state index in [-0.39, 0.29) is 12.0 Å². The molecule has 2 aromatic carbocycles. The first kappa shape index (κ1) is 28.3. The van der Waals surface area contributed by atoms with Crippen LogP contribution in [0.2, 0.25) is 0 Å². The molecule has 0 amide bonds. The molecule has 4 aromatic rings. The number of likely N-dealkylation sites (N-methyl/N-ethyl adjacent to an activating group) is 2. The second-order valence-electron chi connectivity index (χ2n) is 9.95. The molecule has 0 aliphatic rings. The molecule has 0 aliphatic carbocycles. The smallest absolute Gasteiger partial charge is 0.198 e. The fraction of sp³-hybridized carbons (Fsp3) is 0.467. The van der Waals surface area contributed by atoms with E-state index in [2.05, 4.69) is 68.7 Å². The third kappa shape index (κ3) is 6.66. The molecule has 0 fully saturated rings. The molecule has 4 atom stereocenters. The lowest BCUT2D eigenvalue weighted by Crippen LogP contribution is -2.38. The van der Waals surface area contributed by atoms with Crippen LogP contribution >= 0.6 is 34.8 Å². The van der Waals surface area contributed by atoms with E-state index < -0.39 is 3.79 Å². The van der Waals surface area contributed by atoms with Gasteiger partial charge in [0.2, 0.25) is 0 Å². The number of rotatable bonds is 12. The first-order chi connectivity index (χ1) is 17.7. The molecule has 4 unspecified atom stereocenters. The first-order valence-electron chi connectivity index (χ1n) is 13.2. The van der Waals surface area contributed by atoms with E-state index in [0.29, 0.717) is 12.0 Å². The van der Waals surface area contributed by atoms with Gasteiger partial charge in [0.25, 0.3) is 0 Å². The van der Waals surface area contributed by atoms with Crippen LogP contribution in [0.15, 0.2) is 63.8 Å². The highest BCUT2D eigenvalue weighted by atomic mass is 35.6. The summed E-state index contributed by atoms with van der Waals surface area (Å²) in [6.07, 6.45) is 6.41. The summed E-state index contributed by atoms with van der Waals surface area (Å²) in [6, 6.07) is 15.2. The topological polar surface area (TPSA) is 50.3 Å². The Bertz CT molecular complexity index is 1290. The Hall–Kier alpha value is -1.69. The van der Waals surface area contributed by atoms with Crippen molar-refractivity contribution in [3.05, 3.63) is 71.7 Å². The number of benzene rings is 2. The molecule has 0 saturated carbocycles. The SMILES string of the molecule is CCNC(C)C(CCCc1cc(C(C(C)NCC)C(Cl)(Cl)Cl)cc2ccoc12)c1ccc2occc2c1. The van der Waals surface area contributed by atoms with E-state index in [0.717, 1.165) is 65.4 Å². The number of alkyl halides is 3. The molecule has 37 heavy (non-hydrogen) atoms. The molecule has 0 spiro atoms. The maximum Gasteiger partial charge on any atom is 0.198 e. The van der Waals surface area contributed by atoms with Gasteiger partial charge in [-0.1, -0.05) is 60.8 Å². The molecule has 0 radical (unpaired) electrons. The van der Waals surface area contributed by atoms with Crippen molar-refractivity contribution in [3.8, 4) is 0 Å². The van der Waals surface area contributed by atoms with Crippen LogP contribution < -0.4 is 10.6 Å². The summed E-state index contributed by atoms with van der Waals surface area (Å²) in [7, 11) is 0. The molecule has 4 nitrogen and oxygen atoms in total. The Morgan fingerprint density at radius 2 is 1.49 bits per heavy atom. The van der Waals surface area contributed by atoms with E-state index in [1.165, 1.54) is 5.56 Å². The highest BCUT2D eigenvalue weighted by Gasteiger charge is 2.38. The third-order valence-corrected chi connectivity index (χ3v) is 8.09. The maximum absolute atomic E-state index is 6.51. The molecule has 0 aliphatic heterocycles. The van der Waals surface area contributed by atoms with Gasteiger partial charge in [-0.25, -0.2) is 0 Å². The highest BCUT2D eigenvalue weighted by Crippen LogP contribution is 2.45. The predicted octanol–water partition coefficient (Wildman–Crippen LogP) is 8.74. The Labute approximate surface area is 235 Å². The van der Waals surface area contributed by atoms with Crippen molar-refractivity contribution in [2.45, 2.75) is 74.7 Å². The van der Waals surface area contributed by atoms with Crippen molar-refractivity contribution in [2.24, 2.45) is 0 Å². The lowest BCUT2D eigenvalue weighted by Gasteiger charge is -2.31. The summed E-state index contributed by atoms with van der Waals surface area (Å²) in [6.45, 7) is 10.3. The van der Waals surface area contributed by atoms with Crippen molar-refractivity contribution in [3.63, 3.8) is 0 Å². The lowest BCUT2D eigenvalue weighted by molar-refractivity contribution is 0.438. The molecular weight excluding hydrogens is 527 g/mol. The van der Waals surface area contributed by atoms with Gasteiger partial charge >= 0.3 is 0 Å². The number of hydrogen-bond acceptors (Lipinski definition) is 4. The largest absolute Gasteiger partial charge is 0.464 e. The number of fused-ring (bicyclic) bond motifs is 2. The number of aryl methyl sites for hydroxylation is 1. The average molecular weight is 564 g/mol. The zero-order valence-electron chi connectivity index (χ0n) is 22.0. The van der Waals surface area contributed by atoms with Crippen molar-refractivity contribution in [1.82, 2.24) is 10.6 Å². The van der Waals surface area contributed by atoms with Crippen LogP contribution in [0.5, 0.6) is 0 Å². The Morgan fingerprint density at radius 1 is 0.811 bits per heavy atom. The van der Waals surface area contributed by atoms with Crippen molar-refractivity contribution in [2.75, 3.05) is 13.1 Å². The van der Waals surface area contributed by atoms with Crippen molar-refractivity contribution >= 4 is 56.7 Å². The normalized spacial score (nSPS) is 15.8. The van der Waals surface area contributed by atoms with E-state index >= 15 is 0 Å². The summed E-state index contributed by atoms with van der Waals surface area (Å²) >= 11 is 19.5. The van der Waals surface area contributed by atoms with Gasteiger partial charge in [0.1, 0.15) is 11.2 Å². The number of furan rings is 2. The van der Waals surface area contributed by atoms with Gasteiger partial charge in [-0.3, -0.25) is 0 Å². The summed E-state index contributed by atoms with van der Waals surface area (Å²) in [5.41, 5.74) is 5.33. The minimum Gasteiger partial charge on any atom is -0.464 e. The molecule has 2 heterocycles. The highest BCUT2D eigenvalue weighted by molar-refractivity contribution is 6.68. The zero-order valence-corrected chi connectivity index (χ0v) is 24.3. The van der Waals surface area contributed by atoms with E-state index in [9.17, 15) is 0 Å². The van der Waals surface area contributed by atoms with Gasteiger partial charge < -0.3 is 19.5 Å². The summed E-state index contributed by atoms with van der Waals surface area (Å²) in [5.74, 6) is 0.0796. The van der Waals surface area contributed by atoms with Crippen LogP contribution in [0, 0.1) is 0 Å². The lowest BCUT2D eigenvalue weighted by atomic mass is 9.85. The van der Waals surface area contributed by atoms with Gasteiger partial charge in [-0.2, -0.15) is 0 Å². The minimum atomic E-state index is -1.44. The molecular formula is C30H37Cl3N2O2. The molecule has 4 rings (SSSR count). The fourth-order valence-corrected chi connectivity index (χ4v) is 6.59. The number of hydrogen-bond donors (Lipinski definition) is 2. The quantitative estimate of drug-likeness (QED) is 0.169. The van der Waals surface area contributed by atoms with Crippen LogP contribution in [0.25, 0.3) is 21.9 Å². The van der Waals surface area contributed by atoms with Crippen molar-refractivity contribution in [1.29, 1.82) is 0 Å². The molecule has 200 valence electrons. The van der Waals surface area contributed by atoms with Crippen LogP contribution in [0.1, 0.15) is 69.1 Å². The Morgan fingerprint density at radius 3 is 2.22 bits per heavy atom. The third-order valence-electron chi connectivity index (χ3n) is 7.38. The van der Waals surface area contributed by atoms with Gasteiger partial charge in [0.05, 0.1) is 12.5 Å². The molecule has 0 bridgehead atoms. The van der Waals surface area contributed by atoms with Gasteiger partial charge in [-0.05, 0) is 99.1 Å². The fourth-order valence-electron chi connectivity index (χ4n) is 5.65. The number of nitrogens with one attached hydrogen (secondary N) is 2.